The minimum absolute atomic E-state index is 0.134. The summed E-state index contributed by atoms with van der Waals surface area (Å²) in [6.45, 7) is 23.0. The first kappa shape index (κ1) is 41.0. The maximum absolute atomic E-state index is 10.5. The standard InChI is InChI=1S/2C7H14N2O2.2C7H16/c2*1-4-7(8-5(2)10)9-6(3)11;2*1-4-7(5-2)6-3/h2*7H,4H2,1-3H3,(H,8,10)(H,9,11);2*7H,4-6H2,1-3H3. The van der Waals surface area contributed by atoms with Crippen molar-refractivity contribution in [2.24, 2.45) is 11.8 Å². The first-order valence-corrected chi connectivity index (χ1v) is 13.9. The molecule has 0 aromatic rings. The molecule has 0 atom stereocenters. The average molecular weight is 517 g/mol. The van der Waals surface area contributed by atoms with Crippen molar-refractivity contribution in [3.8, 4) is 0 Å². The summed E-state index contributed by atoms with van der Waals surface area (Å²) in [4.78, 5) is 42.1. The lowest BCUT2D eigenvalue weighted by molar-refractivity contribution is -0.124. The van der Waals surface area contributed by atoms with Crippen LogP contribution in [0.3, 0.4) is 0 Å². The Hall–Kier alpha value is -2.12. The second-order valence-electron chi connectivity index (χ2n) is 8.91. The molecule has 0 aromatic carbocycles. The third kappa shape index (κ3) is 34.0. The average Bonchev–Trinajstić information content (AvgIpc) is 2.80. The highest BCUT2D eigenvalue weighted by Crippen LogP contribution is 2.10. The van der Waals surface area contributed by atoms with Gasteiger partial charge in [0.2, 0.25) is 23.6 Å². The van der Waals surface area contributed by atoms with Crippen molar-refractivity contribution in [3.63, 3.8) is 0 Å². The van der Waals surface area contributed by atoms with E-state index in [0.717, 1.165) is 11.8 Å². The van der Waals surface area contributed by atoms with Crippen LogP contribution >= 0.6 is 0 Å². The van der Waals surface area contributed by atoms with Crippen molar-refractivity contribution in [1.82, 2.24) is 21.3 Å². The molecule has 0 aliphatic rings. The Kier molecular flexibility index (Phi) is 33.2. The fourth-order valence-electron chi connectivity index (χ4n) is 3.19. The topological polar surface area (TPSA) is 116 Å². The molecule has 4 amide bonds. The minimum Gasteiger partial charge on any atom is -0.336 e. The normalized spacial score (nSPS) is 9.78. The van der Waals surface area contributed by atoms with Gasteiger partial charge in [0.05, 0.1) is 0 Å². The summed E-state index contributed by atoms with van der Waals surface area (Å²) in [6.07, 6.45) is 9.05. The van der Waals surface area contributed by atoms with E-state index in [-0.39, 0.29) is 36.0 Å². The third-order valence-corrected chi connectivity index (χ3v) is 5.79. The summed E-state index contributed by atoms with van der Waals surface area (Å²) in [6, 6.07) is 0. The molecule has 0 unspecified atom stereocenters. The largest absolute Gasteiger partial charge is 0.336 e. The first-order chi connectivity index (χ1) is 16.8. The van der Waals surface area contributed by atoms with Gasteiger partial charge in [0.15, 0.2) is 0 Å². The minimum atomic E-state index is -0.231. The Bertz CT molecular complexity index is 457. The second-order valence-corrected chi connectivity index (χ2v) is 8.91. The highest BCUT2D eigenvalue weighted by molar-refractivity contribution is 5.76. The van der Waals surface area contributed by atoms with E-state index in [1.54, 1.807) is 0 Å². The molecule has 0 bridgehead atoms. The van der Waals surface area contributed by atoms with Crippen LogP contribution in [0.1, 0.15) is 134 Å². The van der Waals surface area contributed by atoms with Crippen LogP contribution in [-0.2, 0) is 19.2 Å². The number of nitrogens with one attached hydrogen (secondary N) is 4. The van der Waals surface area contributed by atoms with Gasteiger partial charge in [0, 0.05) is 27.7 Å². The van der Waals surface area contributed by atoms with Crippen LogP contribution in [0, 0.1) is 11.8 Å². The number of rotatable bonds is 12. The van der Waals surface area contributed by atoms with Crippen LogP contribution in [0.15, 0.2) is 0 Å². The Morgan fingerprint density at radius 3 is 0.611 bits per heavy atom. The molecule has 0 saturated carbocycles. The Labute approximate surface area is 222 Å². The van der Waals surface area contributed by atoms with Gasteiger partial charge in [-0.1, -0.05) is 93.9 Å². The summed E-state index contributed by atoms with van der Waals surface area (Å²) >= 11 is 0. The molecule has 36 heavy (non-hydrogen) atoms. The Balaban J connectivity index is -0.000000194. The molecule has 0 saturated heterocycles. The molecule has 0 aliphatic heterocycles. The lowest BCUT2D eigenvalue weighted by Gasteiger charge is -2.15. The number of hydrogen-bond donors (Lipinski definition) is 4. The van der Waals surface area contributed by atoms with E-state index in [2.05, 4.69) is 62.8 Å². The summed E-state index contributed by atoms with van der Waals surface area (Å²) in [5, 5.41) is 10.4. The predicted molar refractivity (Wildman–Crippen MR) is 152 cm³/mol. The van der Waals surface area contributed by atoms with E-state index in [4.69, 9.17) is 0 Å². The van der Waals surface area contributed by atoms with Gasteiger partial charge in [0.1, 0.15) is 12.3 Å². The van der Waals surface area contributed by atoms with Crippen molar-refractivity contribution in [2.45, 2.75) is 147 Å². The van der Waals surface area contributed by atoms with E-state index in [0.29, 0.717) is 12.8 Å². The highest BCUT2D eigenvalue weighted by atomic mass is 16.2. The van der Waals surface area contributed by atoms with E-state index in [1.165, 1.54) is 66.2 Å². The van der Waals surface area contributed by atoms with Crippen molar-refractivity contribution < 1.29 is 19.2 Å². The second kappa shape index (κ2) is 29.1. The van der Waals surface area contributed by atoms with Gasteiger partial charge < -0.3 is 21.3 Å². The zero-order valence-electron chi connectivity index (χ0n) is 25.6. The lowest BCUT2D eigenvalue weighted by Crippen LogP contribution is -2.45. The maximum atomic E-state index is 10.5. The van der Waals surface area contributed by atoms with Crippen LogP contribution in [0.25, 0.3) is 0 Å². The van der Waals surface area contributed by atoms with Gasteiger partial charge in [-0.05, 0) is 24.7 Å². The van der Waals surface area contributed by atoms with Crippen LogP contribution in [0.4, 0.5) is 0 Å². The summed E-state index contributed by atoms with van der Waals surface area (Å²) in [7, 11) is 0. The summed E-state index contributed by atoms with van der Waals surface area (Å²) in [5.74, 6) is 1.44. The molecular formula is C28H60N4O4. The van der Waals surface area contributed by atoms with E-state index in [9.17, 15) is 19.2 Å². The molecule has 0 radical (unpaired) electrons. The third-order valence-electron chi connectivity index (χ3n) is 5.79. The van der Waals surface area contributed by atoms with Crippen molar-refractivity contribution >= 4 is 23.6 Å². The van der Waals surface area contributed by atoms with Crippen molar-refractivity contribution in [3.05, 3.63) is 0 Å². The number of amides is 4. The van der Waals surface area contributed by atoms with Crippen LogP contribution in [0.2, 0.25) is 0 Å². The Morgan fingerprint density at radius 1 is 0.389 bits per heavy atom. The molecule has 0 spiro atoms. The van der Waals surface area contributed by atoms with Crippen LogP contribution < -0.4 is 21.3 Å². The van der Waals surface area contributed by atoms with Gasteiger partial charge in [0.25, 0.3) is 0 Å². The molecule has 0 aromatic heterocycles. The molecule has 4 N–H and O–H groups in total. The monoisotopic (exact) mass is 516 g/mol. The van der Waals surface area contributed by atoms with Gasteiger partial charge in [-0.2, -0.15) is 0 Å². The van der Waals surface area contributed by atoms with Crippen molar-refractivity contribution in [1.29, 1.82) is 0 Å². The van der Waals surface area contributed by atoms with Gasteiger partial charge in [-0.25, -0.2) is 0 Å². The van der Waals surface area contributed by atoms with Gasteiger partial charge in [-0.15, -0.1) is 0 Å². The summed E-state index contributed by atoms with van der Waals surface area (Å²) in [5.41, 5.74) is 0. The molecule has 0 rings (SSSR count). The fraction of sp³-hybridized carbons (Fsp3) is 0.857. The molecule has 0 aliphatic carbocycles. The quantitative estimate of drug-likeness (QED) is 0.251. The predicted octanol–water partition coefficient (Wildman–Crippen LogP) is 5.65. The molecule has 0 fully saturated rings. The van der Waals surface area contributed by atoms with Gasteiger partial charge >= 0.3 is 0 Å². The number of carbonyl (C=O) groups excluding carboxylic acids is 4. The first-order valence-electron chi connectivity index (χ1n) is 13.9. The van der Waals surface area contributed by atoms with Crippen LogP contribution in [-0.4, -0.2) is 36.0 Å². The van der Waals surface area contributed by atoms with Gasteiger partial charge in [-0.3, -0.25) is 19.2 Å². The van der Waals surface area contributed by atoms with Crippen LogP contribution in [0.5, 0.6) is 0 Å². The highest BCUT2D eigenvalue weighted by Gasteiger charge is 2.07. The van der Waals surface area contributed by atoms with E-state index >= 15 is 0 Å². The zero-order valence-corrected chi connectivity index (χ0v) is 25.6. The summed E-state index contributed by atoms with van der Waals surface area (Å²) < 4.78 is 0. The smallest absolute Gasteiger partial charge is 0.218 e. The molecule has 8 nitrogen and oxygen atoms in total. The van der Waals surface area contributed by atoms with E-state index < -0.39 is 0 Å². The SMILES string of the molecule is CCC(CC)CC.CCC(CC)CC.CCC(NC(C)=O)NC(C)=O.CCC(NC(C)=O)NC(C)=O. The molecular weight excluding hydrogens is 456 g/mol. The van der Waals surface area contributed by atoms with E-state index in [1.807, 2.05) is 13.8 Å². The molecule has 0 heterocycles. The number of carbonyl (C=O) groups is 4. The lowest BCUT2D eigenvalue weighted by atomic mass is 10.0. The van der Waals surface area contributed by atoms with Crippen molar-refractivity contribution in [2.75, 3.05) is 0 Å². The zero-order chi connectivity index (χ0) is 29.1. The Morgan fingerprint density at radius 2 is 0.556 bits per heavy atom. The number of hydrogen-bond acceptors (Lipinski definition) is 4. The fourth-order valence-corrected chi connectivity index (χ4v) is 3.19. The molecule has 216 valence electrons. The maximum Gasteiger partial charge on any atom is 0.218 e. The molecule has 8 heteroatoms.